The Morgan fingerprint density at radius 3 is 2.62 bits per heavy atom. The molecule has 2 aromatic carbocycles. The molecule has 4 nitrogen and oxygen atoms in total. The van der Waals surface area contributed by atoms with Gasteiger partial charge in [-0.15, -0.1) is 11.3 Å². The number of carbonyl (C=O) groups excluding carboxylic acids is 1. The maximum Gasteiger partial charge on any atom is 0.256 e. The van der Waals surface area contributed by atoms with E-state index < -0.39 is 5.82 Å². The SMILES string of the molecule is O=C(c1cc(Cl)ccc1F)N1CCN(Cc2csc(Cc3ccccc3)n2)CC1. The second kappa shape index (κ2) is 9.03. The Labute approximate surface area is 178 Å². The molecule has 29 heavy (non-hydrogen) atoms. The standard InChI is InChI=1S/C22H21ClFN3OS/c23-17-6-7-20(24)19(13-17)22(28)27-10-8-26(9-11-27)14-18-15-29-21(25-18)12-16-4-2-1-3-5-16/h1-7,13,15H,8-12,14H2. The third kappa shape index (κ3) is 5.01. The molecule has 0 aliphatic carbocycles. The first-order chi connectivity index (χ1) is 14.1. The first-order valence-electron chi connectivity index (χ1n) is 9.52. The van der Waals surface area contributed by atoms with Crippen molar-refractivity contribution in [1.82, 2.24) is 14.8 Å². The number of hydrogen-bond donors (Lipinski definition) is 0. The van der Waals surface area contributed by atoms with Gasteiger partial charge in [0.05, 0.1) is 16.3 Å². The number of benzene rings is 2. The highest BCUT2D eigenvalue weighted by molar-refractivity contribution is 7.09. The quantitative estimate of drug-likeness (QED) is 0.599. The Morgan fingerprint density at radius 1 is 1.10 bits per heavy atom. The molecule has 150 valence electrons. The fraction of sp³-hybridized carbons (Fsp3) is 0.273. The second-order valence-corrected chi connectivity index (χ2v) is 8.47. The number of hydrogen-bond acceptors (Lipinski definition) is 4. The third-order valence-corrected chi connectivity index (χ3v) is 6.13. The average Bonchev–Trinajstić information content (AvgIpc) is 3.17. The maximum atomic E-state index is 14.0. The predicted molar refractivity (Wildman–Crippen MR) is 114 cm³/mol. The molecule has 1 aliphatic heterocycles. The second-order valence-electron chi connectivity index (χ2n) is 7.09. The van der Waals surface area contributed by atoms with Gasteiger partial charge in [-0.2, -0.15) is 0 Å². The van der Waals surface area contributed by atoms with Crippen molar-refractivity contribution in [3.63, 3.8) is 0 Å². The minimum absolute atomic E-state index is 0.0380. The molecule has 0 atom stereocenters. The van der Waals surface area contributed by atoms with Crippen LogP contribution in [0.3, 0.4) is 0 Å². The van der Waals surface area contributed by atoms with Crippen LogP contribution in [0, 0.1) is 5.82 Å². The van der Waals surface area contributed by atoms with Gasteiger partial charge in [-0.25, -0.2) is 9.37 Å². The molecule has 1 amide bonds. The summed E-state index contributed by atoms with van der Waals surface area (Å²) in [4.78, 5) is 21.3. The van der Waals surface area contributed by atoms with E-state index >= 15 is 0 Å². The molecule has 1 fully saturated rings. The van der Waals surface area contributed by atoms with Gasteiger partial charge >= 0.3 is 0 Å². The molecule has 0 saturated carbocycles. The number of thiazole rings is 1. The van der Waals surface area contributed by atoms with Gasteiger partial charge in [0, 0.05) is 49.5 Å². The number of carbonyl (C=O) groups is 1. The monoisotopic (exact) mass is 429 g/mol. The first-order valence-corrected chi connectivity index (χ1v) is 10.8. The van der Waals surface area contributed by atoms with Gasteiger partial charge in [-0.3, -0.25) is 9.69 Å². The van der Waals surface area contributed by atoms with Crippen LogP contribution in [0.1, 0.15) is 26.6 Å². The lowest BCUT2D eigenvalue weighted by Crippen LogP contribution is -2.48. The molecular formula is C22H21ClFN3OS. The summed E-state index contributed by atoms with van der Waals surface area (Å²) < 4.78 is 14.0. The molecular weight excluding hydrogens is 409 g/mol. The van der Waals surface area contributed by atoms with Crippen LogP contribution in [0.25, 0.3) is 0 Å². The molecule has 1 aromatic heterocycles. The molecule has 0 N–H and O–H groups in total. The molecule has 1 saturated heterocycles. The number of halogens is 2. The van der Waals surface area contributed by atoms with Crippen molar-refractivity contribution in [1.29, 1.82) is 0 Å². The zero-order valence-corrected chi connectivity index (χ0v) is 17.4. The van der Waals surface area contributed by atoms with Crippen molar-refractivity contribution in [2.75, 3.05) is 26.2 Å². The van der Waals surface area contributed by atoms with Crippen molar-refractivity contribution in [3.05, 3.63) is 86.6 Å². The van der Waals surface area contributed by atoms with E-state index in [9.17, 15) is 9.18 Å². The highest BCUT2D eigenvalue weighted by Crippen LogP contribution is 2.19. The first kappa shape index (κ1) is 20.0. The number of aromatic nitrogens is 1. The van der Waals surface area contributed by atoms with Gasteiger partial charge in [-0.1, -0.05) is 41.9 Å². The smallest absolute Gasteiger partial charge is 0.256 e. The summed E-state index contributed by atoms with van der Waals surface area (Å²) in [5.74, 6) is -0.835. The Hall–Kier alpha value is -2.28. The van der Waals surface area contributed by atoms with Crippen molar-refractivity contribution in [2.24, 2.45) is 0 Å². The van der Waals surface area contributed by atoms with Crippen LogP contribution in [0.5, 0.6) is 0 Å². The fourth-order valence-corrected chi connectivity index (χ4v) is 4.43. The molecule has 0 radical (unpaired) electrons. The van der Waals surface area contributed by atoms with Crippen molar-refractivity contribution in [2.45, 2.75) is 13.0 Å². The largest absolute Gasteiger partial charge is 0.336 e. The minimum Gasteiger partial charge on any atom is -0.336 e. The summed E-state index contributed by atoms with van der Waals surface area (Å²) >= 11 is 7.60. The number of nitrogens with zero attached hydrogens (tertiary/aromatic N) is 3. The highest BCUT2D eigenvalue weighted by atomic mass is 35.5. The van der Waals surface area contributed by atoms with E-state index in [1.807, 2.05) is 18.2 Å². The van der Waals surface area contributed by atoms with Crippen LogP contribution in [0.2, 0.25) is 5.02 Å². The van der Waals surface area contributed by atoms with E-state index in [1.54, 1.807) is 16.2 Å². The molecule has 2 heterocycles. The molecule has 0 bridgehead atoms. The van der Waals surface area contributed by atoms with Crippen molar-refractivity contribution < 1.29 is 9.18 Å². The van der Waals surface area contributed by atoms with Crippen LogP contribution >= 0.6 is 22.9 Å². The number of piperazine rings is 1. The summed E-state index contributed by atoms with van der Waals surface area (Å²) in [7, 11) is 0. The highest BCUT2D eigenvalue weighted by Gasteiger charge is 2.24. The summed E-state index contributed by atoms with van der Waals surface area (Å²) in [6.45, 7) is 3.36. The van der Waals surface area contributed by atoms with E-state index in [4.69, 9.17) is 16.6 Å². The normalized spacial score (nSPS) is 14.9. The number of rotatable bonds is 5. The van der Waals surface area contributed by atoms with E-state index in [2.05, 4.69) is 22.4 Å². The van der Waals surface area contributed by atoms with E-state index in [0.717, 1.165) is 36.8 Å². The Morgan fingerprint density at radius 2 is 1.86 bits per heavy atom. The van der Waals surface area contributed by atoms with E-state index in [0.29, 0.717) is 18.1 Å². The Kier molecular flexibility index (Phi) is 6.23. The zero-order chi connectivity index (χ0) is 20.2. The number of amides is 1. The van der Waals surface area contributed by atoms with Gasteiger partial charge in [0.2, 0.25) is 0 Å². The summed E-state index contributed by atoms with van der Waals surface area (Å²) in [5.41, 5.74) is 2.35. The van der Waals surface area contributed by atoms with Gasteiger partial charge in [-0.05, 0) is 23.8 Å². The zero-order valence-electron chi connectivity index (χ0n) is 15.9. The topological polar surface area (TPSA) is 36.4 Å². The molecule has 7 heteroatoms. The molecule has 3 aromatic rings. The van der Waals surface area contributed by atoms with Crippen molar-refractivity contribution in [3.8, 4) is 0 Å². The van der Waals surface area contributed by atoms with Crippen molar-refractivity contribution >= 4 is 28.8 Å². The molecule has 0 spiro atoms. The fourth-order valence-electron chi connectivity index (χ4n) is 3.44. The minimum atomic E-state index is -0.532. The van der Waals surface area contributed by atoms with Crippen LogP contribution in [0.15, 0.2) is 53.9 Å². The lowest BCUT2D eigenvalue weighted by molar-refractivity contribution is 0.0622. The summed E-state index contributed by atoms with van der Waals surface area (Å²) in [6.07, 6.45) is 0.846. The summed E-state index contributed by atoms with van der Waals surface area (Å²) in [5, 5.41) is 3.58. The van der Waals surface area contributed by atoms with Gasteiger partial charge < -0.3 is 4.90 Å². The Balaban J connectivity index is 1.31. The van der Waals surface area contributed by atoms with Crippen LogP contribution in [0.4, 0.5) is 4.39 Å². The molecule has 0 unspecified atom stereocenters. The maximum absolute atomic E-state index is 14.0. The lowest BCUT2D eigenvalue weighted by atomic mass is 10.1. The van der Waals surface area contributed by atoms with Crippen LogP contribution in [-0.4, -0.2) is 46.9 Å². The summed E-state index contributed by atoms with van der Waals surface area (Å²) in [6, 6.07) is 14.4. The van der Waals surface area contributed by atoms with Gasteiger partial charge in [0.25, 0.3) is 5.91 Å². The van der Waals surface area contributed by atoms with Gasteiger partial charge in [0.15, 0.2) is 0 Å². The van der Waals surface area contributed by atoms with Crippen LogP contribution < -0.4 is 0 Å². The Bertz CT molecular complexity index is 987. The van der Waals surface area contributed by atoms with E-state index in [-0.39, 0.29) is 11.5 Å². The lowest BCUT2D eigenvalue weighted by Gasteiger charge is -2.34. The third-order valence-electron chi connectivity index (χ3n) is 5.00. The predicted octanol–water partition coefficient (Wildman–Crippen LogP) is 4.48. The van der Waals surface area contributed by atoms with E-state index in [1.165, 1.54) is 23.8 Å². The molecule has 1 aliphatic rings. The molecule has 4 rings (SSSR count). The average molecular weight is 430 g/mol. The van der Waals surface area contributed by atoms with Gasteiger partial charge in [0.1, 0.15) is 5.82 Å². The van der Waals surface area contributed by atoms with Crippen LogP contribution in [-0.2, 0) is 13.0 Å².